The number of carbonyl (C=O) groups is 1. The molecule has 1 saturated carbocycles. The van der Waals surface area contributed by atoms with Crippen LogP contribution in [0.15, 0.2) is 95.9 Å². The van der Waals surface area contributed by atoms with Crippen molar-refractivity contribution in [1.29, 1.82) is 0 Å². The molecule has 0 amide bonds. The summed E-state index contributed by atoms with van der Waals surface area (Å²) < 4.78 is 35.3. The van der Waals surface area contributed by atoms with Gasteiger partial charge in [0.05, 0.1) is 17.6 Å². The summed E-state index contributed by atoms with van der Waals surface area (Å²) in [5.41, 5.74) is 4.30. The Bertz CT molecular complexity index is 1420. The van der Waals surface area contributed by atoms with Crippen LogP contribution in [0.3, 0.4) is 0 Å². The molecule has 2 unspecified atom stereocenters. The fourth-order valence-corrected chi connectivity index (χ4v) is 7.30. The molecule has 2 N–H and O–H groups in total. The van der Waals surface area contributed by atoms with E-state index in [2.05, 4.69) is 47.2 Å². The van der Waals surface area contributed by atoms with E-state index < -0.39 is 16.0 Å². The Morgan fingerprint density at radius 3 is 2.38 bits per heavy atom. The van der Waals surface area contributed by atoms with Crippen molar-refractivity contribution in [2.45, 2.75) is 49.0 Å². The molecule has 39 heavy (non-hydrogen) atoms. The van der Waals surface area contributed by atoms with E-state index >= 15 is 0 Å². The summed E-state index contributed by atoms with van der Waals surface area (Å²) in [7, 11) is -3.65. The number of nitrogens with one attached hydrogen (secondary N) is 1. The van der Waals surface area contributed by atoms with Crippen LogP contribution >= 0.6 is 0 Å². The smallest absolute Gasteiger partial charge is 0.303 e. The molecular weight excluding hydrogens is 510 g/mol. The van der Waals surface area contributed by atoms with Crippen LogP contribution in [-0.4, -0.2) is 38.7 Å². The average molecular weight is 546 g/mol. The number of hydrogen-bond donors (Lipinski definition) is 2. The fourth-order valence-electron chi connectivity index (χ4n) is 6.22. The van der Waals surface area contributed by atoms with Gasteiger partial charge in [0.2, 0.25) is 10.0 Å². The number of hydrogen-bond acceptors (Lipinski definition) is 4. The Labute approximate surface area is 230 Å². The van der Waals surface area contributed by atoms with Crippen molar-refractivity contribution in [3.8, 4) is 11.1 Å². The highest BCUT2D eigenvalue weighted by atomic mass is 32.2. The van der Waals surface area contributed by atoms with Crippen LogP contribution in [0.1, 0.15) is 36.8 Å². The maximum Gasteiger partial charge on any atom is 0.303 e. The Hall–Kier alpha value is -3.26. The molecule has 5 rings (SSSR count). The van der Waals surface area contributed by atoms with E-state index in [1.54, 1.807) is 24.3 Å². The van der Waals surface area contributed by atoms with Gasteiger partial charge in [-0.1, -0.05) is 84.4 Å². The van der Waals surface area contributed by atoms with Crippen molar-refractivity contribution < 1.29 is 23.1 Å². The summed E-state index contributed by atoms with van der Waals surface area (Å²) in [5.74, 6) is -0.663. The first-order valence-corrected chi connectivity index (χ1v) is 15.0. The third kappa shape index (κ3) is 5.86. The zero-order valence-electron chi connectivity index (χ0n) is 22.1. The standard InChI is InChI=1S/C32H35NO5S/c1-23-12-18-27(19-13-23)39(36,37)33-21-28-29(10-6-3-7-11-31(34)35)32(20-30(28)38-22-32)26-16-14-25(15-17-26)24-8-4-2-5-9-24/h2-6,8-9,12-19,28-30,33H,7,10-11,20-22H2,1H3,(H,34,35)/b6-3-/t28-,29-,30?,32?/m0/s1. The van der Waals surface area contributed by atoms with E-state index in [1.165, 1.54) is 5.56 Å². The van der Waals surface area contributed by atoms with E-state index in [9.17, 15) is 13.2 Å². The lowest BCUT2D eigenvalue weighted by Gasteiger charge is -2.39. The molecule has 7 heteroatoms. The topological polar surface area (TPSA) is 92.7 Å². The lowest BCUT2D eigenvalue weighted by atomic mass is 9.69. The monoisotopic (exact) mass is 545 g/mol. The largest absolute Gasteiger partial charge is 0.481 e. The predicted octanol–water partition coefficient (Wildman–Crippen LogP) is 5.72. The molecule has 0 aromatic heterocycles. The molecule has 204 valence electrons. The molecule has 1 heterocycles. The summed E-state index contributed by atoms with van der Waals surface area (Å²) in [6, 6.07) is 25.8. The molecule has 1 aliphatic carbocycles. The van der Waals surface area contributed by atoms with Gasteiger partial charge in [0.25, 0.3) is 0 Å². The SMILES string of the molecule is Cc1ccc(S(=O)(=O)NC[C@@H]2C3CC(c4ccc(-c5ccccc5)cc4)(CO3)[C@H]2C/C=C\CCC(=O)O)cc1. The van der Waals surface area contributed by atoms with Gasteiger partial charge in [-0.2, -0.15) is 0 Å². The van der Waals surface area contributed by atoms with Gasteiger partial charge < -0.3 is 9.84 Å². The van der Waals surface area contributed by atoms with Crippen molar-refractivity contribution in [2.75, 3.05) is 13.2 Å². The van der Waals surface area contributed by atoms with Crippen molar-refractivity contribution in [1.82, 2.24) is 4.72 Å². The minimum atomic E-state index is -3.65. The molecule has 1 aliphatic heterocycles. The van der Waals surface area contributed by atoms with Crippen LogP contribution in [-0.2, 0) is 25.0 Å². The second-order valence-electron chi connectivity index (χ2n) is 10.7. The molecule has 3 aromatic rings. The highest BCUT2D eigenvalue weighted by molar-refractivity contribution is 7.89. The van der Waals surface area contributed by atoms with Crippen molar-refractivity contribution in [2.24, 2.45) is 11.8 Å². The van der Waals surface area contributed by atoms with Gasteiger partial charge in [-0.3, -0.25) is 4.79 Å². The van der Waals surface area contributed by atoms with Crippen molar-refractivity contribution >= 4 is 16.0 Å². The normalized spacial score (nSPS) is 24.4. The number of carboxylic acid groups (broad SMARTS) is 1. The average Bonchev–Trinajstić information content (AvgIpc) is 3.51. The van der Waals surface area contributed by atoms with Gasteiger partial charge in [-0.05, 0) is 60.9 Å². The fraction of sp³-hybridized carbons (Fsp3) is 0.344. The Kier molecular flexibility index (Phi) is 8.03. The van der Waals surface area contributed by atoms with Crippen molar-refractivity contribution in [3.63, 3.8) is 0 Å². The number of aliphatic carboxylic acids is 1. The quantitative estimate of drug-likeness (QED) is 0.301. The molecule has 2 bridgehead atoms. The first kappa shape index (κ1) is 27.3. The maximum absolute atomic E-state index is 13.1. The van der Waals surface area contributed by atoms with E-state index in [1.807, 2.05) is 31.2 Å². The van der Waals surface area contributed by atoms with Crippen LogP contribution in [0, 0.1) is 18.8 Å². The molecule has 0 radical (unpaired) electrons. The minimum absolute atomic E-state index is 0.00287. The van der Waals surface area contributed by atoms with Crippen LogP contribution in [0.5, 0.6) is 0 Å². The third-order valence-corrected chi connectivity index (χ3v) is 9.75. The lowest BCUT2D eigenvalue weighted by Crippen LogP contribution is -2.44. The van der Waals surface area contributed by atoms with Crippen molar-refractivity contribution in [3.05, 3.63) is 102 Å². The lowest BCUT2D eigenvalue weighted by molar-refractivity contribution is -0.136. The highest BCUT2D eigenvalue weighted by Crippen LogP contribution is 2.56. The minimum Gasteiger partial charge on any atom is -0.481 e. The zero-order valence-corrected chi connectivity index (χ0v) is 22.9. The first-order chi connectivity index (χ1) is 18.8. The molecule has 3 aromatic carbocycles. The number of allylic oxidation sites excluding steroid dienone is 2. The number of sulfonamides is 1. The Morgan fingerprint density at radius 1 is 1.00 bits per heavy atom. The number of ether oxygens (including phenoxy) is 1. The van der Waals surface area contributed by atoms with Crippen LogP contribution in [0.25, 0.3) is 11.1 Å². The van der Waals surface area contributed by atoms with Gasteiger partial charge in [0.15, 0.2) is 0 Å². The molecule has 1 saturated heterocycles. The number of benzene rings is 3. The molecule has 4 atom stereocenters. The van der Waals surface area contributed by atoms with Gasteiger partial charge in [0.1, 0.15) is 0 Å². The molecule has 2 aliphatic rings. The summed E-state index contributed by atoms with van der Waals surface area (Å²) in [5, 5.41) is 8.99. The first-order valence-electron chi connectivity index (χ1n) is 13.5. The van der Waals surface area contributed by atoms with E-state index in [4.69, 9.17) is 9.84 Å². The highest BCUT2D eigenvalue weighted by Gasteiger charge is 2.59. The zero-order chi connectivity index (χ0) is 27.5. The second kappa shape index (κ2) is 11.5. The van der Waals surface area contributed by atoms with Crippen LogP contribution < -0.4 is 4.72 Å². The molecule has 0 spiro atoms. The number of carboxylic acids is 1. The number of aryl methyl sites for hydroxylation is 1. The summed E-state index contributed by atoms with van der Waals surface area (Å²) >= 11 is 0. The van der Waals surface area contributed by atoms with Gasteiger partial charge in [-0.25, -0.2) is 13.1 Å². The predicted molar refractivity (Wildman–Crippen MR) is 152 cm³/mol. The van der Waals surface area contributed by atoms with Gasteiger partial charge >= 0.3 is 5.97 Å². The van der Waals surface area contributed by atoms with Gasteiger partial charge in [-0.15, -0.1) is 0 Å². The third-order valence-electron chi connectivity index (χ3n) is 8.31. The van der Waals surface area contributed by atoms with Crippen LogP contribution in [0.2, 0.25) is 0 Å². The van der Waals surface area contributed by atoms with E-state index in [0.29, 0.717) is 19.6 Å². The maximum atomic E-state index is 13.1. The summed E-state index contributed by atoms with van der Waals surface area (Å²) in [6.07, 6.45) is 6.09. The number of fused-ring (bicyclic) bond motifs is 2. The molecular formula is C32H35NO5S. The Morgan fingerprint density at radius 2 is 1.69 bits per heavy atom. The molecule has 6 nitrogen and oxygen atoms in total. The number of rotatable bonds is 11. The second-order valence-corrected chi connectivity index (χ2v) is 12.5. The van der Waals surface area contributed by atoms with E-state index in [0.717, 1.165) is 29.5 Å². The van der Waals surface area contributed by atoms with E-state index in [-0.39, 0.29) is 34.7 Å². The molecule has 2 fully saturated rings. The van der Waals surface area contributed by atoms with Crippen LogP contribution in [0.4, 0.5) is 0 Å². The summed E-state index contributed by atoms with van der Waals surface area (Å²) in [4.78, 5) is 11.2. The van der Waals surface area contributed by atoms with Gasteiger partial charge in [0, 0.05) is 24.3 Å². The summed E-state index contributed by atoms with van der Waals surface area (Å²) in [6.45, 7) is 2.81. The Balaban J connectivity index is 1.39.